The van der Waals surface area contributed by atoms with Gasteiger partial charge in [0.25, 0.3) is 0 Å². The molecule has 0 heterocycles. The monoisotopic (exact) mass is 326 g/mol. The predicted molar refractivity (Wildman–Crippen MR) is 66.0 cm³/mol. The van der Waals surface area contributed by atoms with Gasteiger partial charge in [-0.25, -0.2) is 4.79 Å². The molecule has 21 heavy (non-hydrogen) atoms. The number of Topliss-reactive ketones (excluding diaryl/α,β-unsaturated/α-hetero) is 1. The van der Waals surface area contributed by atoms with Crippen LogP contribution in [-0.2, 0) is 24.4 Å². The van der Waals surface area contributed by atoms with Gasteiger partial charge in [0.1, 0.15) is 0 Å². The molecular formula is C12H16F2O6S. The molecule has 120 valence electrons. The maximum atomic E-state index is 13.2. The SMILES string of the molecule is CC1(OC(=O)C(F)(F)S(=O)(=O)O)CC2CC(C1=O)C2(C)C. The molecule has 0 aromatic heterocycles. The average Bonchev–Trinajstić information content (AvgIpc) is 2.30. The zero-order chi connectivity index (χ0) is 16.4. The van der Waals surface area contributed by atoms with Gasteiger partial charge in [-0.15, -0.1) is 0 Å². The molecule has 1 N–H and O–H groups in total. The Morgan fingerprint density at radius 2 is 1.90 bits per heavy atom. The summed E-state index contributed by atoms with van der Waals surface area (Å²) in [7, 11) is -5.94. The van der Waals surface area contributed by atoms with E-state index in [1.807, 2.05) is 13.8 Å². The zero-order valence-electron chi connectivity index (χ0n) is 11.7. The number of carbonyl (C=O) groups excluding carboxylic acids is 2. The van der Waals surface area contributed by atoms with E-state index in [1.54, 1.807) is 0 Å². The molecule has 3 aliphatic carbocycles. The fraction of sp³-hybridized carbons (Fsp3) is 0.833. The lowest BCUT2D eigenvalue weighted by Crippen LogP contribution is -2.64. The Bertz CT molecular complexity index is 611. The highest BCUT2D eigenvalue weighted by Crippen LogP contribution is 2.60. The van der Waals surface area contributed by atoms with E-state index in [0.29, 0.717) is 6.42 Å². The summed E-state index contributed by atoms with van der Waals surface area (Å²) in [6, 6.07) is 0. The Morgan fingerprint density at radius 3 is 2.29 bits per heavy atom. The lowest BCUT2D eigenvalue weighted by molar-refractivity contribution is -0.205. The van der Waals surface area contributed by atoms with Crippen LogP contribution < -0.4 is 0 Å². The van der Waals surface area contributed by atoms with Crippen molar-refractivity contribution in [1.82, 2.24) is 0 Å². The molecule has 3 saturated carbocycles. The van der Waals surface area contributed by atoms with E-state index in [9.17, 15) is 26.8 Å². The highest BCUT2D eigenvalue weighted by molar-refractivity contribution is 7.87. The van der Waals surface area contributed by atoms with Gasteiger partial charge in [-0.3, -0.25) is 9.35 Å². The summed E-state index contributed by atoms with van der Waals surface area (Å²) < 4.78 is 60.3. The van der Waals surface area contributed by atoms with Crippen molar-refractivity contribution < 1.29 is 36.1 Å². The first-order valence-electron chi connectivity index (χ1n) is 6.36. The van der Waals surface area contributed by atoms with E-state index in [1.165, 1.54) is 6.92 Å². The maximum Gasteiger partial charge on any atom is 0.465 e. The largest absolute Gasteiger partial charge is 0.465 e. The van der Waals surface area contributed by atoms with E-state index in [-0.39, 0.29) is 17.8 Å². The van der Waals surface area contributed by atoms with Crippen LogP contribution in [0.15, 0.2) is 0 Å². The third-order valence-electron chi connectivity index (χ3n) is 4.82. The van der Waals surface area contributed by atoms with E-state index in [2.05, 4.69) is 4.74 Å². The van der Waals surface area contributed by atoms with Crippen LogP contribution in [0.1, 0.15) is 33.6 Å². The first-order chi connectivity index (χ1) is 9.23. The van der Waals surface area contributed by atoms with Gasteiger partial charge in [0.15, 0.2) is 11.4 Å². The summed E-state index contributed by atoms with van der Waals surface area (Å²) in [5, 5.41) is -5.09. The third kappa shape index (κ3) is 2.17. The van der Waals surface area contributed by atoms with Gasteiger partial charge in [0.05, 0.1) is 0 Å². The lowest BCUT2D eigenvalue weighted by Gasteiger charge is -2.59. The summed E-state index contributed by atoms with van der Waals surface area (Å²) in [5.74, 6) is -3.31. The van der Waals surface area contributed by atoms with E-state index >= 15 is 0 Å². The summed E-state index contributed by atoms with van der Waals surface area (Å²) in [6.07, 6.45) is 0.663. The van der Waals surface area contributed by atoms with E-state index in [4.69, 9.17) is 4.55 Å². The van der Waals surface area contributed by atoms with Crippen molar-refractivity contribution >= 4 is 21.9 Å². The molecule has 3 fully saturated rings. The van der Waals surface area contributed by atoms with Crippen LogP contribution in [0, 0.1) is 17.3 Å². The second-order valence-corrected chi connectivity index (χ2v) is 7.95. The number of hydrogen-bond donors (Lipinski definition) is 1. The average molecular weight is 326 g/mol. The minimum atomic E-state index is -5.94. The number of rotatable bonds is 3. The first-order valence-corrected chi connectivity index (χ1v) is 7.80. The zero-order valence-corrected chi connectivity index (χ0v) is 12.5. The Hall–Kier alpha value is -1.09. The second kappa shape index (κ2) is 4.22. The molecule has 3 unspecified atom stereocenters. The van der Waals surface area contributed by atoms with Crippen molar-refractivity contribution in [1.29, 1.82) is 0 Å². The summed E-state index contributed by atoms with van der Waals surface area (Å²) in [4.78, 5) is 23.6. The van der Waals surface area contributed by atoms with Crippen molar-refractivity contribution in [2.45, 2.75) is 44.5 Å². The number of ether oxygens (including phenoxy) is 1. The number of carbonyl (C=O) groups is 2. The standard InChI is InChI=1S/C12H16F2O6S/c1-10(2)6-4-7(10)8(15)11(3,5-6)20-9(16)12(13,14)21(17,18)19/h6-7H,4-5H2,1-3H3,(H,17,18,19). The van der Waals surface area contributed by atoms with Crippen LogP contribution >= 0.6 is 0 Å². The van der Waals surface area contributed by atoms with Crippen LogP contribution in [0.4, 0.5) is 8.78 Å². The van der Waals surface area contributed by atoms with E-state index < -0.39 is 38.6 Å². The van der Waals surface area contributed by atoms with Gasteiger partial charge in [-0.05, 0) is 31.1 Å². The van der Waals surface area contributed by atoms with Crippen molar-refractivity contribution in [3.63, 3.8) is 0 Å². The molecule has 0 radical (unpaired) electrons. The van der Waals surface area contributed by atoms with Crippen LogP contribution in [0.3, 0.4) is 0 Å². The van der Waals surface area contributed by atoms with Crippen molar-refractivity contribution in [2.75, 3.05) is 0 Å². The fourth-order valence-corrected chi connectivity index (χ4v) is 3.46. The molecule has 3 atom stereocenters. The number of alkyl halides is 2. The van der Waals surface area contributed by atoms with Crippen LogP contribution in [0.25, 0.3) is 0 Å². The van der Waals surface area contributed by atoms with Crippen LogP contribution in [0.5, 0.6) is 0 Å². The smallest absolute Gasteiger partial charge is 0.446 e. The topological polar surface area (TPSA) is 97.7 Å². The van der Waals surface area contributed by atoms with Gasteiger partial charge in [0.2, 0.25) is 0 Å². The minimum absolute atomic E-state index is 0.0253. The third-order valence-corrected chi connectivity index (χ3v) is 5.64. The van der Waals surface area contributed by atoms with Crippen LogP contribution in [0.2, 0.25) is 0 Å². The second-order valence-electron chi connectivity index (χ2n) is 6.49. The number of hydrogen-bond acceptors (Lipinski definition) is 5. The minimum Gasteiger partial charge on any atom is -0.446 e. The molecule has 0 aliphatic heterocycles. The lowest BCUT2D eigenvalue weighted by atomic mass is 9.45. The maximum absolute atomic E-state index is 13.2. The number of ketones is 1. The summed E-state index contributed by atoms with van der Waals surface area (Å²) in [6.45, 7) is 4.94. The highest BCUT2D eigenvalue weighted by Gasteiger charge is 2.65. The molecule has 6 nitrogen and oxygen atoms in total. The normalized spacial score (nSPS) is 35.0. The molecule has 0 aromatic carbocycles. The molecular weight excluding hydrogens is 310 g/mol. The fourth-order valence-electron chi connectivity index (χ4n) is 3.21. The molecule has 0 spiro atoms. The van der Waals surface area contributed by atoms with Gasteiger partial charge in [0, 0.05) is 5.92 Å². The molecule has 0 amide bonds. The molecule has 3 rings (SSSR count). The van der Waals surface area contributed by atoms with Crippen molar-refractivity contribution in [2.24, 2.45) is 17.3 Å². The van der Waals surface area contributed by atoms with E-state index in [0.717, 1.165) is 0 Å². The number of halogens is 2. The van der Waals surface area contributed by atoms with Crippen LogP contribution in [-0.4, -0.2) is 35.6 Å². The number of esters is 1. The van der Waals surface area contributed by atoms with Crippen molar-refractivity contribution in [3.05, 3.63) is 0 Å². The number of fused-ring (bicyclic) bond motifs is 2. The Kier molecular flexibility index (Phi) is 3.27. The quantitative estimate of drug-likeness (QED) is 0.622. The first kappa shape index (κ1) is 16.3. The Labute approximate surface area is 120 Å². The molecule has 2 bridgehead atoms. The summed E-state index contributed by atoms with van der Waals surface area (Å²) in [5.41, 5.74) is -2.07. The van der Waals surface area contributed by atoms with Gasteiger partial charge < -0.3 is 4.74 Å². The van der Waals surface area contributed by atoms with Gasteiger partial charge in [-0.2, -0.15) is 17.2 Å². The van der Waals surface area contributed by atoms with Gasteiger partial charge >= 0.3 is 21.3 Å². The summed E-state index contributed by atoms with van der Waals surface area (Å²) >= 11 is 0. The highest BCUT2D eigenvalue weighted by atomic mass is 32.2. The Morgan fingerprint density at radius 1 is 1.38 bits per heavy atom. The van der Waals surface area contributed by atoms with Crippen molar-refractivity contribution in [3.8, 4) is 0 Å². The molecule has 0 saturated heterocycles. The molecule has 9 heteroatoms. The molecule has 0 aromatic rings. The molecule has 3 aliphatic rings. The Balaban J connectivity index is 2.22. The predicted octanol–water partition coefficient (Wildman–Crippen LogP) is 1.40. The van der Waals surface area contributed by atoms with Gasteiger partial charge in [-0.1, -0.05) is 13.8 Å².